The highest BCUT2D eigenvalue weighted by atomic mass is 16.2. The third kappa shape index (κ3) is 5.76. The van der Waals surface area contributed by atoms with E-state index in [0.29, 0.717) is 25.2 Å². The average Bonchev–Trinajstić information content (AvgIpc) is 2.71. The number of hydrogen-bond donors (Lipinski definition) is 1. The topological polar surface area (TPSA) is 84.3 Å². The number of aryl methyl sites for hydroxylation is 1. The van der Waals surface area contributed by atoms with E-state index in [4.69, 9.17) is 0 Å². The Balaban J connectivity index is 1.45. The molecule has 3 rings (SSSR count). The summed E-state index contributed by atoms with van der Waals surface area (Å²) in [7, 11) is 0. The van der Waals surface area contributed by atoms with Crippen LogP contribution in [0.15, 0.2) is 47.3 Å². The second kappa shape index (κ2) is 9.49. The van der Waals surface area contributed by atoms with Crippen LogP contribution in [0.25, 0.3) is 0 Å². The number of likely N-dealkylation sites (tertiary alicyclic amines) is 1. The molecular weight excluding hydrogens is 368 g/mol. The lowest BCUT2D eigenvalue weighted by Gasteiger charge is -2.32. The molecule has 1 fully saturated rings. The standard InChI is InChI=1S/C22H28N4O3/c1-16-8-9-21(28)26(24-16)15-22(29)25-12-10-18(11-13-25)14-20(27)23-17(2)19-6-4-3-5-7-19/h3-9,17-18H,10-15H2,1-2H3,(H,23,27)/t17-/m1/s1. The van der Waals surface area contributed by atoms with Gasteiger partial charge in [-0.3, -0.25) is 14.4 Å². The quantitative estimate of drug-likeness (QED) is 0.810. The Morgan fingerprint density at radius 3 is 2.52 bits per heavy atom. The Labute approximate surface area is 170 Å². The molecule has 154 valence electrons. The Kier molecular flexibility index (Phi) is 6.80. The molecule has 1 N–H and O–H groups in total. The van der Waals surface area contributed by atoms with Gasteiger partial charge in [-0.15, -0.1) is 0 Å². The lowest BCUT2D eigenvalue weighted by atomic mass is 9.93. The number of benzene rings is 1. The van der Waals surface area contributed by atoms with Crippen molar-refractivity contribution in [2.24, 2.45) is 5.92 Å². The van der Waals surface area contributed by atoms with E-state index in [2.05, 4.69) is 10.4 Å². The summed E-state index contributed by atoms with van der Waals surface area (Å²) in [5, 5.41) is 7.17. The molecule has 0 radical (unpaired) electrons. The van der Waals surface area contributed by atoms with Crippen LogP contribution in [0.5, 0.6) is 0 Å². The molecule has 29 heavy (non-hydrogen) atoms. The highest BCUT2D eigenvalue weighted by molar-refractivity contribution is 5.77. The average molecular weight is 396 g/mol. The van der Waals surface area contributed by atoms with Gasteiger partial charge in [0.25, 0.3) is 5.56 Å². The van der Waals surface area contributed by atoms with Gasteiger partial charge in [-0.05, 0) is 44.2 Å². The van der Waals surface area contributed by atoms with E-state index < -0.39 is 0 Å². The first-order chi connectivity index (χ1) is 13.9. The van der Waals surface area contributed by atoms with Crippen molar-refractivity contribution < 1.29 is 9.59 Å². The number of carbonyl (C=O) groups is 2. The number of amides is 2. The Bertz CT molecular complexity index is 902. The smallest absolute Gasteiger partial charge is 0.267 e. The minimum atomic E-state index is -0.275. The van der Waals surface area contributed by atoms with Gasteiger partial charge in [0, 0.05) is 25.6 Å². The Hall–Kier alpha value is -2.96. The summed E-state index contributed by atoms with van der Waals surface area (Å²) in [5.74, 6) is 0.203. The van der Waals surface area contributed by atoms with Crippen molar-refractivity contribution in [2.45, 2.75) is 45.7 Å². The fraction of sp³-hybridized carbons (Fsp3) is 0.455. The van der Waals surface area contributed by atoms with E-state index in [9.17, 15) is 14.4 Å². The molecule has 1 aromatic carbocycles. The monoisotopic (exact) mass is 396 g/mol. The molecule has 2 amide bonds. The van der Waals surface area contributed by atoms with Crippen LogP contribution in [0.1, 0.15) is 43.5 Å². The number of nitrogens with one attached hydrogen (secondary N) is 1. The van der Waals surface area contributed by atoms with Gasteiger partial charge in [0.2, 0.25) is 11.8 Å². The molecule has 2 aromatic rings. The van der Waals surface area contributed by atoms with Crippen LogP contribution in [-0.2, 0) is 16.1 Å². The summed E-state index contributed by atoms with van der Waals surface area (Å²) in [6.45, 7) is 4.93. The second-order valence-corrected chi connectivity index (χ2v) is 7.70. The number of hydrogen-bond acceptors (Lipinski definition) is 4. The van der Waals surface area contributed by atoms with Crippen molar-refractivity contribution in [2.75, 3.05) is 13.1 Å². The lowest BCUT2D eigenvalue weighted by molar-refractivity contribution is -0.133. The molecule has 0 saturated carbocycles. The lowest BCUT2D eigenvalue weighted by Crippen LogP contribution is -2.42. The van der Waals surface area contributed by atoms with Crippen LogP contribution in [0.3, 0.4) is 0 Å². The number of rotatable bonds is 6. The van der Waals surface area contributed by atoms with Crippen LogP contribution in [-0.4, -0.2) is 39.6 Å². The van der Waals surface area contributed by atoms with E-state index in [0.717, 1.165) is 18.4 Å². The zero-order valence-corrected chi connectivity index (χ0v) is 17.0. The molecule has 0 aliphatic carbocycles. The number of carbonyl (C=O) groups excluding carboxylic acids is 2. The predicted octanol–water partition coefficient (Wildman–Crippen LogP) is 2.06. The maximum absolute atomic E-state index is 12.5. The largest absolute Gasteiger partial charge is 0.350 e. The molecular formula is C22H28N4O3. The number of piperidine rings is 1. The van der Waals surface area contributed by atoms with Crippen molar-refractivity contribution in [3.05, 3.63) is 64.1 Å². The van der Waals surface area contributed by atoms with Gasteiger partial charge in [-0.2, -0.15) is 5.10 Å². The van der Waals surface area contributed by atoms with Crippen LogP contribution in [0, 0.1) is 12.8 Å². The summed E-state index contributed by atoms with van der Waals surface area (Å²) in [6, 6.07) is 12.9. The summed E-state index contributed by atoms with van der Waals surface area (Å²) in [5.41, 5.74) is 1.51. The molecule has 1 atom stereocenters. The summed E-state index contributed by atoms with van der Waals surface area (Å²) < 4.78 is 1.21. The number of nitrogens with zero attached hydrogens (tertiary/aromatic N) is 3. The zero-order valence-electron chi connectivity index (χ0n) is 17.0. The first kappa shape index (κ1) is 20.8. The van der Waals surface area contributed by atoms with Crippen molar-refractivity contribution in [3.8, 4) is 0 Å². The molecule has 7 heteroatoms. The third-order valence-corrected chi connectivity index (χ3v) is 5.40. The van der Waals surface area contributed by atoms with Crippen molar-refractivity contribution in [1.29, 1.82) is 0 Å². The fourth-order valence-electron chi connectivity index (χ4n) is 3.67. The maximum atomic E-state index is 12.5. The van der Waals surface area contributed by atoms with Crippen molar-refractivity contribution >= 4 is 11.8 Å². The SMILES string of the molecule is Cc1ccc(=O)n(CC(=O)N2CCC(CC(=O)N[C@H](C)c3ccccc3)CC2)n1. The molecule has 1 aliphatic rings. The van der Waals surface area contributed by atoms with Gasteiger partial charge >= 0.3 is 0 Å². The fourth-order valence-corrected chi connectivity index (χ4v) is 3.67. The summed E-state index contributed by atoms with van der Waals surface area (Å²) >= 11 is 0. The van der Waals surface area contributed by atoms with Crippen molar-refractivity contribution in [1.82, 2.24) is 20.0 Å². The molecule has 0 unspecified atom stereocenters. The van der Waals surface area contributed by atoms with E-state index in [-0.39, 0.29) is 35.9 Å². The third-order valence-electron chi connectivity index (χ3n) is 5.40. The van der Waals surface area contributed by atoms with Gasteiger partial charge in [0.1, 0.15) is 6.54 Å². The Morgan fingerprint density at radius 2 is 1.83 bits per heavy atom. The minimum absolute atomic E-state index is 0.0227. The Morgan fingerprint density at radius 1 is 1.14 bits per heavy atom. The van der Waals surface area contributed by atoms with Crippen LogP contribution in [0.4, 0.5) is 0 Å². The predicted molar refractivity (Wildman–Crippen MR) is 110 cm³/mol. The van der Waals surface area contributed by atoms with E-state index in [1.807, 2.05) is 37.3 Å². The highest BCUT2D eigenvalue weighted by Gasteiger charge is 2.25. The van der Waals surface area contributed by atoms with Crippen molar-refractivity contribution in [3.63, 3.8) is 0 Å². The number of aromatic nitrogens is 2. The summed E-state index contributed by atoms with van der Waals surface area (Å²) in [6.07, 6.45) is 2.04. The first-order valence-corrected chi connectivity index (χ1v) is 10.1. The van der Waals surface area contributed by atoms with Crippen LogP contribution >= 0.6 is 0 Å². The van der Waals surface area contributed by atoms with Gasteiger partial charge in [-0.25, -0.2) is 4.68 Å². The molecule has 0 bridgehead atoms. The normalized spacial score (nSPS) is 15.7. The molecule has 1 saturated heterocycles. The van der Waals surface area contributed by atoms with Gasteiger partial charge < -0.3 is 10.2 Å². The second-order valence-electron chi connectivity index (χ2n) is 7.70. The van der Waals surface area contributed by atoms with E-state index in [1.54, 1.807) is 17.9 Å². The highest BCUT2D eigenvalue weighted by Crippen LogP contribution is 2.21. The molecule has 1 aliphatic heterocycles. The van der Waals surface area contributed by atoms with Crippen LogP contribution < -0.4 is 10.9 Å². The molecule has 1 aromatic heterocycles. The maximum Gasteiger partial charge on any atom is 0.267 e. The molecule has 7 nitrogen and oxygen atoms in total. The zero-order chi connectivity index (χ0) is 20.8. The van der Waals surface area contributed by atoms with Gasteiger partial charge in [0.05, 0.1) is 11.7 Å². The summed E-state index contributed by atoms with van der Waals surface area (Å²) in [4.78, 5) is 38.5. The van der Waals surface area contributed by atoms with Crippen LogP contribution in [0.2, 0.25) is 0 Å². The van der Waals surface area contributed by atoms with E-state index >= 15 is 0 Å². The van der Waals surface area contributed by atoms with Gasteiger partial charge in [0.15, 0.2) is 0 Å². The molecule has 2 heterocycles. The molecule has 0 spiro atoms. The van der Waals surface area contributed by atoms with Gasteiger partial charge in [-0.1, -0.05) is 30.3 Å². The van der Waals surface area contributed by atoms with E-state index in [1.165, 1.54) is 10.7 Å². The minimum Gasteiger partial charge on any atom is -0.350 e. The first-order valence-electron chi connectivity index (χ1n) is 10.1.